The number of nitrogens with one attached hydrogen (secondary N) is 1. The topological polar surface area (TPSA) is 61.9 Å². The number of halogens is 1. The van der Waals surface area contributed by atoms with E-state index in [1.54, 1.807) is 19.1 Å². The third kappa shape index (κ3) is 4.25. The van der Waals surface area contributed by atoms with Crippen molar-refractivity contribution in [3.63, 3.8) is 0 Å². The van der Waals surface area contributed by atoms with Gasteiger partial charge in [-0.05, 0) is 31.9 Å². The van der Waals surface area contributed by atoms with E-state index in [0.29, 0.717) is 37.0 Å². The Balaban J connectivity index is 1.61. The maximum Gasteiger partial charge on any atom is 0.263 e. The van der Waals surface area contributed by atoms with Crippen LogP contribution in [0.3, 0.4) is 0 Å². The van der Waals surface area contributed by atoms with Crippen LogP contribution in [-0.2, 0) is 9.59 Å². The fourth-order valence-electron chi connectivity index (χ4n) is 3.45. The van der Waals surface area contributed by atoms with Crippen LogP contribution in [0, 0.1) is 0 Å². The molecule has 0 spiro atoms. The summed E-state index contributed by atoms with van der Waals surface area (Å²) in [4.78, 5) is 28.6. The Morgan fingerprint density at radius 2 is 2.16 bits per heavy atom. The molecule has 6 nitrogen and oxygen atoms in total. The first-order valence-electron chi connectivity index (χ1n) is 8.76. The molecule has 2 saturated heterocycles. The van der Waals surface area contributed by atoms with E-state index in [0.717, 1.165) is 19.4 Å². The van der Waals surface area contributed by atoms with Crippen molar-refractivity contribution in [3.05, 3.63) is 29.3 Å². The molecule has 2 aliphatic heterocycles. The number of carbonyl (C=O) groups is 2. The van der Waals surface area contributed by atoms with Crippen molar-refractivity contribution in [1.82, 2.24) is 15.1 Å². The van der Waals surface area contributed by atoms with Gasteiger partial charge in [-0.3, -0.25) is 9.59 Å². The molecule has 3 rings (SSSR count). The molecule has 0 aliphatic carbocycles. The van der Waals surface area contributed by atoms with Gasteiger partial charge in [-0.2, -0.15) is 0 Å². The number of piperazine rings is 1. The monoisotopic (exact) mass is 365 g/mol. The molecule has 2 aliphatic rings. The first-order valence-corrected chi connectivity index (χ1v) is 9.14. The van der Waals surface area contributed by atoms with Gasteiger partial charge in [0.1, 0.15) is 5.75 Å². The van der Waals surface area contributed by atoms with Gasteiger partial charge in [-0.1, -0.05) is 23.7 Å². The minimum atomic E-state index is -0.614. The summed E-state index contributed by atoms with van der Waals surface area (Å²) in [5, 5.41) is 3.57. The van der Waals surface area contributed by atoms with E-state index in [-0.39, 0.29) is 17.9 Å². The Bertz CT molecular complexity index is 640. The number of carbonyl (C=O) groups excluding carboxylic acids is 2. The summed E-state index contributed by atoms with van der Waals surface area (Å²) < 4.78 is 5.75. The first kappa shape index (κ1) is 18.0. The van der Waals surface area contributed by atoms with Crippen LogP contribution in [0.4, 0.5) is 0 Å². The van der Waals surface area contributed by atoms with Crippen molar-refractivity contribution >= 4 is 23.4 Å². The number of nitrogens with zero attached hydrogens (tertiary/aromatic N) is 2. The predicted octanol–water partition coefficient (Wildman–Crippen LogP) is 1.53. The number of benzene rings is 1. The van der Waals surface area contributed by atoms with Crippen molar-refractivity contribution in [2.45, 2.75) is 31.9 Å². The van der Waals surface area contributed by atoms with Gasteiger partial charge in [0.2, 0.25) is 5.91 Å². The number of piperidine rings is 1. The zero-order valence-electron chi connectivity index (χ0n) is 14.4. The highest BCUT2D eigenvalue weighted by Crippen LogP contribution is 2.25. The third-order valence-electron chi connectivity index (χ3n) is 4.76. The summed E-state index contributed by atoms with van der Waals surface area (Å²) in [6, 6.07) is 7.23. The summed E-state index contributed by atoms with van der Waals surface area (Å²) in [6.07, 6.45) is 1.22. The molecular weight excluding hydrogens is 342 g/mol. The molecule has 2 atom stereocenters. The molecule has 0 bridgehead atoms. The Kier molecular flexibility index (Phi) is 5.81. The highest BCUT2D eigenvalue weighted by atomic mass is 35.5. The number of ether oxygens (including phenoxy) is 1. The van der Waals surface area contributed by atoms with E-state index in [2.05, 4.69) is 5.32 Å². The molecule has 1 aromatic rings. The van der Waals surface area contributed by atoms with Crippen LogP contribution in [0.15, 0.2) is 24.3 Å². The number of hydrogen-bond donors (Lipinski definition) is 1. The lowest BCUT2D eigenvalue weighted by atomic mass is 10.0. The Morgan fingerprint density at radius 1 is 1.36 bits per heavy atom. The molecule has 1 N–H and O–H groups in total. The highest BCUT2D eigenvalue weighted by Gasteiger charge is 2.33. The van der Waals surface area contributed by atoms with Crippen LogP contribution in [0.1, 0.15) is 19.8 Å². The molecule has 2 unspecified atom stereocenters. The standard InChI is InChI=1S/C18H24ClN3O3/c1-13(25-16-7-3-2-6-15(16)19)18(24)21-9-4-5-14(12-21)22-10-8-20-11-17(22)23/h2-3,6-7,13-14,20H,4-5,8-12H2,1H3. The Morgan fingerprint density at radius 3 is 2.92 bits per heavy atom. The maximum atomic E-state index is 12.8. The summed E-state index contributed by atoms with van der Waals surface area (Å²) in [5.74, 6) is 0.564. The lowest BCUT2D eigenvalue weighted by molar-refractivity contribution is -0.144. The number of amides is 2. The van der Waals surface area contributed by atoms with Gasteiger partial charge >= 0.3 is 0 Å². The summed E-state index contributed by atoms with van der Waals surface area (Å²) in [6.45, 7) is 4.91. The van der Waals surface area contributed by atoms with E-state index >= 15 is 0 Å². The minimum absolute atomic E-state index is 0.0628. The largest absolute Gasteiger partial charge is 0.479 e. The SMILES string of the molecule is CC(Oc1ccccc1Cl)C(=O)N1CCCC(N2CCNCC2=O)C1. The molecule has 1 aromatic carbocycles. The number of likely N-dealkylation sites (tertiary alicyclic amines) is 1. The fraction of sp³-hybridized carbons (Fsp3) is 0.556. The smallest absolute Gasteiger partial charge is 0.263 e. The van der Waals surface area contributed by atoms with Gasteiger partial charge in [-0.15, -0.1) is 0 Å². The lowest BCUT2D eigenvalue weighted by Gasteiger charge is -2.41. The van der Waals surface area contributed by atoms with Crippen molar-refractivity contribution < 1.29 is 14.3 Å². The first-order chi connectivity index (χ1) is 12.1. The van der Waals surface area contributed by atoms with Gasteiger partial charge in [0.25, 0.3) is 5.91 Å². The molecule has 2 amide bonds. The van der Waals surface area contributed by atoms with Crippen LogP contribution < -0.4 is 10.1 Å². The molecule has 0 saturated carbocycles. The molecule has 0 aromatic heterocycles. The van der Waals surface area contributed by atoms with E-state index in [1.165, 1.54) is 0 Å². The molecule has 2 fully saturated rings. The van der Waals surface area contributed by atoms with Gasteiger partial charge in [-0.25, -0.2) is 0 Å². The van der Waals surface area contributed by atoms with Crippen LogP contribution in [0.2, 0.25) is 5.02 Å². The van der Waals surface area contributed by atoms with Crippen molar-refractivity contribution in [1.29, 1.82) is 0 Å². The van der Waals surface area contributed by atoms with Gasteiger partial charge in [0, 0.05) is 32.2 Å². The van der Waals surface area contributed by atoms with Crippen LogP contribution in [-0.4, -0.2) is 66.5 Å². The highest BCUT2D eigenvalue weighted by molar-refractivity contribution is 6.32. The van der Waals surface area contributed by atoms with E-state index in [1.807, 2.05) is 21.9 Å². The van der Waals surface area contributed by atoms with Crippen LogP contribution in [0.25, 0.3) is 0 Å². The molecular formula is C18H24ClN3O3. The van der Waals surface area contributed by atoms with Crippen LogP contribution in [0.5, 0.6) is 5.75 Å². The normalized spacial score (nSPS) is 22.6. The number of rotatable bonds is 4. The van der Waals surface area contributed by atoms with Crippen molar-refractivity contribution in [2.75, 3.05) is 32.7 Å². The van der Waals surface area contributed by atoms with Crippen LogP contribution >= 0.6 is 11.6 Å². The minimum Gasteiger partial charge on any atom is -0.479 e. The third-order valence-corrected chi connectivity index (χ3v) is 5.08. The van der Waals surface area contributed by atoms with Gasteiger partial charge in [0.15, 0.2) is 6.10 Å². The van der Waals surface area contributed by atoms with E-state index in [4.69, 9.17) is 16.3 Å². The fourth-order valence-corrected chi connectivity index (χ4v) is 3.64. The second-order valence-corrected chi connectivity index (χ2v) is 6.94. The summed E-state index contributed by atoms with van der Waals surface area (Å²) >= 11 is 6.10. The average Bonchev–Trinajstić information content (AvgIpc) is 2.63. The second-order valence-electron chi connectivity index (χ2n) is 6.53. The molecule has 7 heteroatoms. The van der Waals surface area contributed by atoms with Gasteiger partial charge < -0.3 is 19.9 Å². The molecule has 25 heavy (non-hydrogen) atoms. The lowest BCUT2D eigenvalue weighted by Crippen LogP contribution is -2.58. The summed E-state index contributed by atoms with van der Waals surface area (Å²) in [7, 11) is 0. The van der Waals surface area contributed by atoms with E-state index < -0.39 is 6.10 Å². The Hall–Kier alpha value is -1.79. The van der Waals surface area contributed by atoms with Gasteiger partial charge in [0.05, 0.1) is 11.6 Å². The average molecular weight is 366 g/mol. The number of para-hydroxylation sites is 1. The second kappa shape index (κ2) is 8.06. The quantitative estimate of drug-likeness (QED) is 0.879. The van der Waals surface area contributed by atoms with E-state index in [9.17, 15) is 9.59 Å². The van der Waals surface area contributed by atoms with Crippen molar-refractivity contribution in [2.24, 2.45) is 0 Å². The Labute approximate surface area is 153 Å². The number of hydrogen-bond acceptors (Lipinski definition) is 4. The molecule has 136 valence electrons. The predicted molar refractivity (Wildman–Crippen MR) is 95.7 cm³/mol. The summed E-state index contributed by atoms with van der Waals surface area (Å²) in [5.41, 5.74) is 0. The molecule has 0 radical (unpaired) electrons. The molecule has 2 heterocycles. The zero-order chi connectivity index (χ0) is 17.8. The van der Waals surface area contributed by atoms with Crippen molar-refractivity contribution in [3.8, 4) is 5.75 Å². The maximum absolute atomic E-state index is 12.8. The zero-order valence-corrected chi connectivity index (χ0v) is 15.2.